The summed E-state index contributed by atoms with van der Waals surface area (Å²) in [6.45, 7) is 0.205. The summed E-state index contributed by atoms with van der Waals surface area (Å²) in [4.78, 5) is 16.0. The molecular formula is C23H19ClN2O4S. The Labute approximate surface area is 184 Å². The average molecular weight is 455 g/mol. The van der Waals surface area contributed by atoms with Crippen LogP contribution < -0.4 is 10.1 Å². The SMILES string of the molecule is COc1cccc(CNC(=O)c2[nH]c3ccc(Cl)cc3c2S(=O)(=O)c2ccccc2)c1. The Morgan fingerprint density at radius 3 is 2.55 bits per heavy atom. The van der Waals surface area contributed by atoms with Gasteiger partial charge in [-0.3, -0.25) is 4.79 Å². The van der Waals surface area contributed by atoms with Crippen LogP contribution in [0.4, 0.5) is 0 Å². The smallest absolute Gasteiger partial charge is 0.269 e. The van der Waals surface area contributed by atoms with Gasteiger partial charge in [-0.05, 0) is 48.0 Å². The normalized spacial score (nSPS) is 11.4. The van der Waals surface area contributed by atoms with Crippen LogP contribution in [0, 0.1) is 0 Å². The molecule has 3 aromatic carbocycles. The molecule has 0 spiro atoms. The predicted octanol–water partition coefficient (Wildman–Crippen LogP) is 4.59. The van der Waals surface area contributed by atoms with Crippen LogP contribution in [0.5, 0.6) is 5.75 Å². The summed E-state index contributed by atoms with van der Waals surface area (Å²) in [6.07, 6.45) is 0. The van der Waals surface area contributed by atoms with Gasteiger partial charge in [-0.1, -0.05) is 41.9 Å². The number of H-pyrrole nitrogens is 1. The molecule has 0 unspecified atom stereocenters. The van der Waals surface area contributed by atoms with Gasteiger partial charge < -0.3 is 15.0 Å². The van der Waals surface area contributed by atoms with E-state index in [0.717, 1.165) is 5.56 Å². The Morgan fingerprint density at radius 1 is 1.03 bits per heavy atom. The van der Waals surface area contributed by atoms with Crippen molar-refractivity contribution < 1.29 is 17.9 Å². The number of hydrogen-bond donors (Lipinski definition) is 2. The maximum absolute atomic E-state index is 13.4. The number of methoxy groups -OCH3 is 1. The van der Waals surface area contributed by atoms with Crippen molar-refractivity contribution in [1.29, 1.82) is 0 Å². The van der Waals surface area contributed by atoms with Crippen molar-refractivity contribution in [1.82, 2.24) is 10.3 Å². The topological polar surface area (TPSA) is 88.3 Å². The van der Waals surface area contributed by atoms with Crippen LogP contribution in [0.25, 0.3) is 10.9 Å². The predicted molar refractivity (Wildman–Crippen MR) is 119 cm³/mol. The quantitative estimate of drug-likeness (QED) is 0.446. The fourth-order valence-electron chi connectivity index (χ4n) is 3.35. The lowest BCUT2D eigenvalue weighted by molar-refractivity contribution is 0.0943. The number of sulfone groups is 1. The van der Waals surface area contributed by atoms with E-state index in [-0.39, 0.29) is 22.0 Å². The summed E-state index contributed by atoms with van der Waals surface area (Å²) in [5, 5.41) is 3.52. The molecule has 0 radical (unpaired) electrons. The van der Waals surface area contributed by atoms with E-state index in [9.17, 15) is 13.2 Å². The fourth-order valence-corrected chi connectivity index (χ4v) is 5.14. The maximum atomic E-state index is 13.4. The summed E-state index contributed by atoms with van der Waals surface area (Å²) in [7, 11) is -2.42. The Bertz CT molecular complexity index is 1370. The zero-order valence-electron chi connectivity index (χ0n) is 16.6. The molecule has 31 heavy (non-hydrogen) atoms. The highest BCUT2D eigenvalue weighted by molar-refractivity contribution is 7.91. The van der Waals surface area contributed by atoms with Gasteiger partial charge in [0.15, 0.2) is 0 Å². The molecule has 4 rings (SSSR count). The molecule has 0 aliphatic heterocycles. The molecule has 8 heteroatoms. The molecule has 1 heterocycles. The minimum atomic E-state index is -3.98. The number of nitrogens with one attached hydrogen (secondary N) is 2. The fraction of sp³-hybridized carbons (Fsp3) is 0.0870. The molecule has 0 atom stereocenters. The van der Waals surface area contributed by atoms with Crippen molar-refractivity contribution in [2.24, 2.45) is 0 Å². The van der Waals surface area contributed by atoms with Crippen molar-refractivity contribution in [3.8, 4) is 5.75 Å². The van der Waals surface area contributed by atoms with Crippen LogP contribution >= 0.6 is 11.6 Å². The number of rotatable bonds is 6. The number of ether oxygens (including phenoxy) is 1. The third-order valence-electron chi connectivity index (χ3n) is 4.85. The van der Waals surface area contributed by atoms with E-state index < -0.39 is 15.7 Å². The Kier molecular flexibility index (Phi) is 5.71. The second kappa shape index (κ2) is 8.45. The second-order valence-electron chi connectivity index (χ2n) is 6.87. The second-order valence-corrected chi connectivity index (χ2v) is 9.19. The number of halogens is 1. The first-order chi connectivity index (χ1) is 14.9. The van der Waals surface area contributed by atoms with E-state index in [1.54, 1.807) is 55.6 Å². The van der Waals surface area contributed by atoms with Gasteiger partial charge in [0.05, 0.1) is 12.0 Å². The largest absolute Gasteiger partial charge is 0.497 e. The third-order valence-corrected chi connectivity index (χ3v) is 6.94. The Morgan fingerprint density at radius 2 is 1.81 bits per heavy atom. The lowest BCUT2D eigenvalue weighted by Gasteiger charge is -2.09. The van der Waals surface area contributed by atoms with Crippen LogP contribution in [0.2, 0.25) is 5.02 Å². The number of aromatic amines is 1. The van der Waals surface area contributed by atoms with Crippen LogP contribution in [0.3, 0.4) is 0 Å². The highest BCUT2D eigenvalue weighted by Crippen LogP contribution is 2.33. The number of benzene rings is 3. The molecule has 1 amide bonds. The van der Waals surface area contributed by atoms with Gasteiger partial charge in [0, 0.05) is 22.5 Å². The highest BCUT2D eigenvalue weighted by atomic mass is 35.5. The third kappa shape index (κ3) is 4.15. The molecule has 0 fully saturated rings. The molecule has 4 aromatic rings. The van der Waals surface area contributed by atoms with Crippen LogP contribution in [-0.2, 0) is 16.4 Å². The van der Waals surface area contributed by atoms with Gasteiger partial charge in [0.25, 0.3) is 5.91 Å². The number of hydrogen-bond acceptors (Lipinski definition) is 4. The minimum absolute atomic E-state index is 0.0379. The highest BCUT2D eigenvalue weighted by Gasteiger charge is 2.29. The van der Waals surface area contributed by atoms with E-state index in [1.165, 1.54) is 12.1 Å². The minimum Gasteiger partial charge on any atom is -0.497 e. The maximum Gasteiger partial charge on any atom is 0.269 e. The molecule has 0 aliphatic carbocycles. The van der Waals surface area contributed by atoms with E-state index in [4.69, 9.17) is 16.3 Å². The Balaban J connectivity index is 1.77. The first-order valence-electron chi connectivity index (χ1n) is 9.42. The van der Waals surface area contributed by atoms with Crippen molar-refractivity contribution in [3.05, 3.63) is 89.1 Å². The van der Waals surface area contributed by atoms with Crippen LogP contribution in [-0.4, -0.2) is 26.4 Å². The van der Waals surface area contributed by atoms with Crippen molar-refractivity contribution in [2.45, 2.75) is 16.3 Å². The number of amides is 1. The molecule has 158 valence electrons. The average Bonchev–Trinajstić information content (AvgIpc) is 3.17. The molecule has 0 aliphatic rings. The molecule has 1 aromatic heterocycles. The monoisotopic (exact) mass is 454 g/mol. The lowest BCUT2D eigenvalue weighted by Crippen LogP contribution is -2.25. The summed E-state index contributed by atoms with van der Waals surface area (Å²) < 4.78 is 32.1. The first kappa shape index (κ1) is 21.0. The van der Waals surface area contributed by atoms with Crippen LogP contribution in [0.1, 0.15) is 16.1 Å². The summed E-state index contributed by atoms with van der Waals surface area (Å²) in [6, 6.07) is 20.1. The molecule has 0 saturated heterocycles. The zero-order chi connectivity index (χ0) is 22.0. The summed E-state index contributed by atoms with van der Waals surface area (Å²) >= 11 is 6.12. The van der Waals surface area contributed by atoms with Gasteiger partial charge >= 0.3 is 0 Å². The number of fused-ring (bicyclic) bond motifs is 1. The summed E-state index contributed by atoms with van der Waals surface area (Å²) in [5.41, 5.74) is 1.29. The van der Waals surface area contributed by atoms with Gasteiger partial charge in [-0.25, -0.2) is 8.42 Å². The Hall–Kier alpha value is -3.29. The number of carbonyl (C=O) groups is 1. The summed E-state index contributed by atoms with van der Waals surface area (Å²) in [5.74, 6) is 0.129. The van der Waals surface area contributed by atoms with E-state index in [1.807, 2.05) is 12.1 Å². The van der Waals surface area contributed by atoms with Gasteiger partial charge in [0.1, 0.15) is 16.3 Å². The number of carbonyl (C=O) groups excluding carboxylic acids is 1. The van der Waals surface area contributed by atoms with Crippen molar-refractivity contribution in [2.75, 3.05) is 7.11 Å². The van der Waals surface area contributed by atoms with E-state index in [0.29, 0.717) is 21.7 Å². The molecule has 0 saturated carbocycles. The van der Waals surface area contributed by atoms with Crippen molar-refractivity contribution >= 4 is 38.2 Å². The van der Waals surface area contributed by atoms with Gasteiger partial charge in [-0.15, -0.1) is 0 Å². The number of aromatic nitrogens is 1. The van der Waals surface area contributed by atoms with E-state index >= 15 is 0 Å². The van der Waals surface area contributed by atoms with Crippen LogP contribution in [0.15, 0.2) is 82.6 Å². The van der Waals surface area contributed by atoms with E-state index in [2.05, 4.69) is 10.3 Å². The van der Waals surface area contributed by atoms with Crippen molar-refractivity contribution in [3.63, 3.8) is 0 Å². The first-order valence-corrected chi connectivity index (χ1v) is 11.3. The molecule has 0 bridgehead atoms. The molecule has 2 N–H and O–H groups in total. The van der Waals surface area contributed by atoms with Gasteiger partial charge in [0.2, 0.25) is 9.84 Å². The molecular weight excluding hydrogens is 436 g/mol. The standard InChI is InChI=1S/C23H19ClN2O4S/c1-30-17-7-5-6-15(12-17)14-25-23(27)21-22(19-13-16(24)10-11-20(19)26-21)31(28,29)18-8-3-2-4-9-18/h2-13,26H,14H2,1H3,(H,25,27). The van der Waals surface area contributed by atoms with Gasteiger partial charge in [-0.2, -0.15) is 0 Å². The molecule has 6 nitrogen and oxygen atoms in total. The lowest BCUT2D eigenvalue weighted by atomic mass is 10.2. The zero-order valence-corrected chi connectivity index (χ0v) is 18.1.